The minimum atomic E-state index is -0.980. The van der Waals surface area contributed by atoms with Crippen LogP contribution in [0.4, 0.5) is 0 Å². The number of nitrogens with one attached hydrogen (secondary N) is 1. The third-order valence-electron chi connectivity index (χ3n) is 2.90. The third kappa shape index (κ3) is 1.34. The maximum atomic E-state index is 11.2. The fourth-order valence-corrected chi connectivity index (χ4v) is 1.77. The fourth-order valence-electron chi connectivity index (χ4n) is 1.77. The molecule has 4 nitrogen and oxygen atoms in total. The van der Waals surface area contributed by atoms with Gasteiger partial charge < -0.3 is 15.2 Å². The van der Waals surface area contributed by atoms with Crippen molar-refractivity contribution < 1.29 is 15.0 Å². The van der Waals surface area contributed by atoms with Gasteiger partial charge in [-0.05, 0) is 25.5 Å². The smallest absolute Gasteiger partial charge is 0.313 e. The lowest BCUT2D eigenvalue weighted by atomic mass is 9.84. The number of aliphatic carboxylic acids is 1. The molecule has 0 spiro atoms. The summed E-state index contributed by atoms with van der Waals surface area (Å²) in [5.74, 6) is -0.762. The maximum Gasteiger partial charge on any atom is 0.313 e. The second-order valence-corrected chi connectivity index (χ2v) is 4.33. The average Bonchev–Trinajstić information content (AvgIpc) is 2.63. The van der Waals surface area contributed by atoms with Crippen molar-refractivity contribution in [3.63, 3.8) is 0 Å². The maximum absolute atomic E-state index is 11.2. The van der Waals surface area contributed by atoms with Crippen molar-refractivity contribution in [2.75, 3.05) is 0 Å². The summed E-state index contributed by atoms with van der Waals surface area (Å²) in [6.45, 7) is 3.28. The molecule has 0 aliphatic rings. The molecule has 4 heteroatoms. The molecule has 0 bridgehead atoms. The molecule has 0 radical (unpaired) electrons. The molecule has 84 valence electrons. The molecule has 0 atom stereocenters. The lowest BCUT2D eigenvalue weighted by molar-refractivity contribution is -0.142. The van der Waals surface area contributed by atoms with E-state index in [1.54, 1.807) is 38.2 Å². The van der Waals surface area contributed by atoms with Gasteiger partial charge in [-0.25, -0.2) is 0 Å². The van der Waals surface area contributed by atoms with Crippen molar-refractivity contribution in [1.29, 1.82) is 0 Å². The Morgan fingerprint density at radius 3 is 2.69 bits per heavy atom. The number of rotatable bonds is 2. The molecule has 0 fully saturated rings. The molecule has 2 rings (SSSR count). The zero-order valence-electron chi connectivity index (χ0n) is 9.11. The van der Waals surface area contributed by atoms with E-state index in [4.69, 9.17) is 5.11 Å². The standard InChI is InChI=1S/C12H13NO3/c1-12(2,11(15)16)8-6-13-10-7(8)4-3-5-9(10)14/h3-6,13-14H,1-2H3,(H,15,16). The number of hydrogen-bond donors (Lipinski definition) is 3. The Bertz CT molecular complexity index is 554. The largest absolute Gasteiger partial charge is 0.506 e. The molecule has 16 heavy (non-hydrogen) atoms. The van der Waals surface area contributed by atoms with E-state index in [9.17, 15) is 9.90 Å². The van der Waals surface area contributed by atoms with Gasteiger partial charge in [-0.15, -0.1) is 0 Å². The number of carboxylic acid groups (broad SMARTS) is 1. The van der Waals surface area contributed by atoms with Gasteiger partial charge in [0, 0.05) is 11.6 Å². The van der Waals surface area contributed by atoms with Crippen LogP contribution in [0, 0.1) is 0 Å². The first-order chi connectivity index (χ1) is 7.44. The van der Waals surface area contributed by atoms with E-state index in [1.165, 1.54) is 0 Å². The summed E-state index contributed by atoms with van der Waals surface area (Å²) in [6, 6.07) is 5.06. The number of carboxylic acids is 1. The van der Waals surface area contributed by atoms with E-state index in [0.29, 0.717) is 11.1 Å². The summed E-state index contributed by atoms with van der Waals surface area (Å²) in [5.41, 5.74) is 0.268. The second kappa shape index (κ2) is 3.27. The van der Waals surface area contributed by atoms with E-state index >= 15 is 0 Å². The van der Waals surface area contributed by atoms with Crippen LogP contribution in [-0.4, -0.2) is 21.2 Å². The summed E-state index contributed by atoms with van der Waals surface area (Å²) in [4.78, 5) is 14.1. The quantitative estimate of drug-likeness (QED) is 0.725. The number of carbonyl (C=O) groups is 1. The molecular weight excluding hydrogens is 206 g/mol. The highest BCUT2D eigenvalue weighted by Gasteiger charge is 2.32. The molecule has 1 aromatic heterocycles. The van der Waals surface area contributed by atoms with Crippen molar-refractivity contribution in [2.45, 2.75) is 19.3 Å². The lowest BCUT2D eigenvalue weighted by Gasteiger charge is -2.18. The lowest BCUT2D eigenvalue weighted by Crippen LogP contribution is -2.28. The van der Waals surface area contributed by atoms with Crippen LogP contribution in [0.15, 0.2) is 24.4 Å². The van der Waals surface area contributed by atoms with Gasteiger partial charge in [-0.2, -0.15) is 0 Å². The summed E-state index contributed by atoms with van der Waals surface area (Å²) in [7, 11) is 0. The Kier molecular flexibility index (Phi) is 2.15. The highest BCUT2D eigenvalue weighted by atomic mass is 16.4. The molecule has 1 heterocycles. The van der Waals surface area contributed by atoms with E-state index in [-0.39, 0.29) is 5.75 Å². The normalized spacial score (nSPS) is 11.9. The Hall–Kier alpha value is -1.97. The van der Waals surface area contributed by atoms with Gasteiger partial charge in [0.05, 0.1) is 10.9 Å². The van der Waals surface area contributed by atoms with Gasteiger partial charge in [0.25, 0.3) is 0 Å². The zero-order chi connectivity index (χ0) is 11.9. The van der Waals surface area contributed by atoms with Crippen molar-refractivity contribution in [2.24, 2.45) is 0 Å². The minimum absolute atomic E-state index is 0.130. The van der Waals surface area contributed by atoms with Crippen LogP contribution < -0.4 is 0 Å². The number of aromatic hydroxyl groups is 1. The molecule has 1 aromatic carbocycles. The van der Waals surface area contributed by atoms with Crippen LogP contribution in [-0.2, 0) is 10.2 Å². The number of H-pyrrole nitrogens is 1. The van der Waals surface area contributed by atoms with Crippen LogP contribution in [0.1, 0.15) is 19.4 Å². The van der Waals surface area contributed by atoms with Crippen LogP contribution in [0.2, 0.25) is 0 Å². The number of aromatic nitrogens is 1. The van der Waals surface area contributed by atoms with E-state index in [0.717, 1.165) is 5.39 Å². The van der Waals surface area contributed by atoms with E-state index in [1.807, 2.05) is 0 Å². The molecule has 0 unspecified atom stereocenters. The number of para-hydroxylation sites is 1. The third-order valence-corrected chi connectivity index (χ3v) is 2.90. The Morgan fingerprint density at radius 1 is 1.38 bits per heavy atom. The van der Waals surface area contributed by atoms with Crippen LogP contribution in [0.25, 0.3) is 10.9 Å². The van der Waals surface area contributed by atoms with Gasteiger partial charge in [0.2, 0.25) is 0 Å². The Labute approximate surface area is 92.5 Å². The van der Waals surface area contributed by atoms with Gasteiger partial charge in [0.15, 0.2) is 0 Å². The first-order valence-electron chi connectivity index (χ1n) is 4.97. The predicted molar refractivity (Wildman–Crippen MR) is 60.6 cm³/mol. The molecule has 0 aliphatic carbocycles. The number of phenols is 1. The van der Waals surface area contributed by atoms with Gasteiger partial charge in [0.1, 0.15) is 5.75 Å². The van der Waals surface area contributed by atoms with Crippen molar-refractivity contribution in [1.82, 2.24) is 4.98 Å². The molecule has 0 aliphatic heterocycles. The summed E-state index contributed by atoms with van der Waals surface area (Å²) in [5, 5.41) is 19.5. The second-order valence-electron chi connectivity index (χ2n) is 4.33. The Morgan fingerprint density at radius 2 is 2.06 bits per heavy atom. The first-order valence-corrected chi connectivity index (χ1v) is 4.97. The molecule has 3 N–H and O–H groups in total. The molecule has 0 saturated heterocycles. The van der Waals surface area contributed by atoms with E-state index in [2.05, 4.69) is 4.98 Å². The highest BCUT2D eigenvalue weighted by Crippen LogP contribution is 2.33. The van der Waals surface area contributed by atoms with Crippen LogP contribution in [0.3, 0.4) is 0 Å². The van der Waals surface area contributed by atoms with Gasteiger partial charge >= 0.3 is 5.97 Å². The molecular formula is C12H13NO3. The van der Waals surface area contributed by atoms with Gasteiger partial charge in [-0.1, -0.05) is 12.1 Å². The van der Waals surface area contributed by atoms with Crippen LogP contribution >= 0.6 is 0 Å². The van der Waals surface area contributed by atoms with E-state index < -0.39 is 11.4 Å². The van der Waals surface area contributed by atoms with Gasteiger partial charge in [-0.3, -0.25) is 4.79 Å². The SMILES string of the molecule is CC(C)(C(=O)O)c1c[nH]c2c(O)cccc12. The number of hydrogen-bond acceptors (Lipinski definition) is 2. The molecule has 2 aromatic rings. The van der Waals surface area contributed by atoms with Crippen molar-refractivity contribution >= 4 is 16.9 Å². The molecule has 0 amide bonds. The summed E-state index contributed by atoms with van der Waals surface area (Å²) in [6.07, 6.45) is 1.64. The van der Waals surface area contributed by atoms with Crippen molar-refractivity contribution in [3.8, 4) is 5.75 Å². The molecule has 0 saturated carbocycles. The average molecular weight is 219 g/mol. The number of phenolic OH excluding ortho intramolecular Hbond substituents is 1. The topological polar surface area (TPSA) is 73.3 Å². The zero-order valence-corrected chi connectivity index (χ0v) is 9.11. The monoisotopic (exact) mass is 219 g/mol. The highest BCUT2D eigenvalue weighted by molar-refractivity contribution is 5.94. The first kappa shape index (κ1) is 10.5. The van der Waals surface area contributed by atoms with Crippen LogP contribution in [0.5, 0.6) is 5.75 Å². The van der Waals surface area contributed by atoms with Crippen molar-refractivity contribution in [3.05, 3.63) is 30.0 Å². The number of fused-ring (bicyclic) bond motifs is 1. The minimum Gasteiger partial charge on any atom is -0.506 e. The predicted octanol–water partition coefficient (Wildman–Crippen LogP) is 2.24. The fraction of sp³-hybridized carbons (Fsp3) is 0.250. The summed E-state index contributed by atoms with van der Waals surface area (Å²) >= 11 is 0. The number of benzene rings is 1. The number of aromatic amines is 1. The summed E-state index contributed by atoms with van der Waals surface area (Å²) < 4.78 is 0. The Balaban J connectivity index is 2.72.